The van der Waals surface area contributed by atoms with Gasteiger partial charge in [-0.15, -0.1) is 0 Å². The quantitative estimate of drug-likeness (QED) is 0.569. The number of nitrogens with one attached hydrogen (secondary N) is 2. The lowest BCUT2D eigenvalue weighted by Gasteiger charge is -2.18. The summed E-state index contributed by atoms with van der Waals surface area (Å²) in [7, 11) is 0. The van der Waals surface area contributed by atoms with Gasteiger partial charge in [-0.25, -0.2) is 4.99 Å². The summed E-state index contributed by atoms with van der Waals surface area (Å²) >= 11 is 0. The summed E-state index contributed by atoms with van der Waals surface area (Å²) in [6.45, 7) is 11.8. The predicted octanol–water partition coefficient (Wildman–Crippen LogP) is 2.65. The number of guanidine groups is 1. The van der Waals surface area contributed by atoms with E-state index in [1.54, 1.807) is 6.92 Å². The molecule has 0 aromatic carbocycles. The van der Waals surface area contributed by atoms with Crippen molar-refractivity contribution in [3.8, 4) is 0 Å². The summed E-state index contributed by atoms with van der Waals surface area (Å²) in [5.41, 5.74) is 0. The second-order valence-corrected chi connectivity index (χ2v) is 5.80. The van der Waals surface area contributed by atoms with Crippen molar-refractivity contribution in [3.05, 3.63) is 11.7 Å². The zero-order valence-electron chi connectivity index (χ0n) is 13.9. The Kier molecular flexibility index (Phi) is 7.79. The number of nitrogens with zero attached hydrogens (tertiary/aromatic N) is 3. The highest BCUT2D eigenvalue weighted by Crippen LogP contribution is 2.08. The molecular formula is C15H29N5O. The minimum atomic E-state index is 0.394. The van der Waals surface area contributed by atoms with E-state index in [0.29, 0.717) is 24.3 Å². The number of rotatable bonds is 8. The highest BCUT2D eigenvalue weighted by Gasteiger charge is 2.07. The largest absolute Gasteiger partial charge is 0.357 e. The zero-order valence-corrected chi connectivity index (χ0v) is 13.9. The molecule has 0 saturated carbocycles. The molecule has 0 aliphatic heterocycles. The van der Waals surface area contributed by atoms with Gasteiger partial charge in [0.15, 0.2) is 11.8 Å². The first kappa shape index (κ1) is 17.5. The number of aromatic nitrogens is 2. The maximum atomic E-state index is 5.07. The van der Waals surface area contributed by atoms with E-state index in [-0.39, 0.29) is 0 Å². The van der Waals surface area contributed by atoms with Crippen LogP contribution in [-0.4, -0.2) is 28.7 Å². The van der Waals surface area contributed by atoms with Crippen LogP contribution in [0.2, 0.25) is 0 Å². The Morgan fingerprint density at radius 3 is 2.62 bits per heavy atom. The highest BCUT2D eigenvalue weighted by molar-refractivity contribution is 5.79. The highest BCUT2D eigenvalue weighted by atomic mass is 16.5. The van der Waals surface area contributed by atoms with E-state index in [0.717, 1.165) is 24.8 Å². The van der Waals surface area contributed by atoms with Crippen LogP contribution in [0.4, 0.5) is 0 Å². The monoisotopic (exact) mass is 295 g/mol. The first-order valence-corrected chi connectivity index (χ1v) is 7.85. The van der Waals surface area contributed by atoms with Gasteiger partial charge in [-0.3, -0.25) is 0 Å². The Balaban J connectivity index is 2.44. The van der Waals surface area contributed by atoms with Crippen molar-refractivity contribution in [2.24, 2.45) is 10.9 Å². The van der Waals surface area contributed by atoms with Crippen LogP contribution < -0.4 is 10.6 Å². The standard InChI is InChI=1S/C15H29N5O/c1-6-16-15(17-10-14-19-13(5)20-21-14)18-12(4)9-7-8-11(2)3/h11-12H,6-10H2,1-5H3,(H2,16,17,18). The van der Waals surface area contributed by atoms with E-state index in [2.05, 4.69) is 53.5 Å². The van der Waals surface area contributed by atoms with Crippen molar-refractivity contribution >= 4 is 5.96 Å². The second kappa shape index (κ2) is 9.37. The van der Waals surface area contributed by atoms with Crippen molar-refractivity contribution in [2.75, 3.05) is 6.54 Å². The molecule has 120 valence electrons. The van der Waals surface area contributed by atoms with Crippen LogP contribution in [0.15, 0.2) is 9.52 Å². The third-order valence-electron chi connectivity index (χ3n) is 3.09. The molecule has 1 aromatic heterocycles. The van der Waals surface area contributed by atoms with E-state index in [9.17, 15) is 0 Å². The van der Waals surface area contributed by atoms with Gasteiger partial charge >= 0.3 is 0 Å². The van der Waals surface area contributed by atoms with Gasteiger partial charge in [0, 0.05) is 12.6 Å². The van der Waals surface area contributed by atoms with Crippen LogP contribution in [0.3, 0.4) is 0 Å². The first-order chi connectivity index (χ1) is 10.0. The molecule has 0 amide bonds. The summed E-state index contributed by atoms with van der Waals surface area (Å²) in [6.07, 6.45) is 3.64. The molecular weight excluding hydrogens is 266 g/mol. The summed E-state index contributed by atoms with van der Waals surface area (Å²) in [6, 6.07) is 0.394. The van der Waals surface area contributed by atoms with Crippen LogP contribution in [0.5, 0.6) is 0 Å². The minimum absolute atomic E-state index is 0.394. The fraction of sp³-hybridized carbons (Fsp3) is 0.800. The molecule has 1 aromatic rings. The van der Waals surface area contributed by atoms with Crippen molar-refractivity contribution in [2.45, 2.75) is 66.5 Å². The Hall–Kier alpha value is -1.59. The van der Waals surface area contributed by atoms with E-state index >= 15 is 0 Å². The average Bonchev–Trinajstić information content (AvgIpc) is 2.81. The summed E-state index contributed by atoms with van der Waals surface area (Å²) in [4.78, 5) is 8.63. The molecule has 21 heavy (non-hydrogen) atoms. The molecule has 1 atom stereocenters. The number of hydrogen-bond acceptors (Lipinski definition) is 4. The third kappa shape index (κ3) is 7.68. The van der Waals surface area contributed by atoms with E-state index in [1.807, 2.05) is 0 Å². The van der Waals surface area contributed by atoms with Crippen LogP contribution in [0, 0.1) is 12.8 Å². The molecule has 6 heteroatoms. The number of hydrogen-bond donors (Lipinski definition) is 2. The van der Waals surface area contributed by atoms with Gasteiger partial charge in [0.05, 0.1) is 0 Å². The Labute approximate surface area is 127 Å². The predicted molar refractivity (Wildman–Crippen MR) is 85.1 cm³/mol. The van der Waals surface area contributed by atoms with Crippen LogP contribution in [0.1, 0.15) is 58.7 Å². The van der Waals surface area contributed by atoms with Gasteiger partial charge in [-0.1, -0.05) is 31.8 Å². The SMILES string of the molecule is CCNC(=NCc1nc(C)no1)NC(C)CCCC(C)C. The summed E-state index contributed by atoms with van der Waals surface area (Å²) in [5, 5.41) is 10.4. The van der Waals surface area contributed by atoms with Crippen LogP contribution in [-0.2, 0) is 6.54 Å². The molecule has 0 aliphatic rings. The Bertz CT molecular complexity index is 427. The van der Waals surface area contributed by atoms with E-state index < -0.39 is 0 Å². The van der Waals surface area contributed by atoms with Gasteiger partial charge in [0.2, 0.25) is 5.89 Å². The lowest BCUT2D eigenvalue weighted by Crippen LogP contribution is -2.42. The van der Waals surface area contributed by atoms with Gasteiger partial charge in [0.25, 0.3) is 0 Å². The molecule has 6 nitrogen and oxygen atoms in total. The fourth-order valence-corrected chi connectivity index (χ4v) is 2.01. The molecule has 2 N–H and O–H groups in total. The average molecular weight is 295 g/mol. The van der Waals surface area contributed by atoms with Crippen molar-refractivity contribution in [1.29, 1.82) is 0 Å². The van der Waals surface area contributed by atoms with Gasteiger partial charge in [-0.2, -0.15) is 4.98 Å². The van der Waals surface area contributed by atoms with E-state index in [1.165, 1.54) is 12.8 Å². The second-order valence-electron chi connectivity index (χ2n) is 5.80. The normalized spacial score (nSPS) is 13.5. The number of aliphatic imine (C=N–C) groups is 1. The maximum Gasteiger partial charge on any atom is 0.248 e. The maximum absolute atomic E-state index is 5.07. The molecule has 1 heterocycles. The third-order valence-corrected chi connectivity index (χ3v) is 3.09. The van der Waals surface area contributed by atoms with Crippen LogP contribution >= 0.6 is 0 Å². The molecule has 0 bridgehead atoms. The van der Waals surface area contributed by atoms with Crippen molar-refractivity contribution in [1.82, 2.24) is 20.8 Å². The van der Waals surface area contributed by atoms with E-state index in [4.69, 9.17) is 4.52 Å². The first-order valence-electron chi connectivity index (χ1n) is 7.85. The molecule has 1 rings (SSSR count). The smallest absolute Gasteiger partial charge is 0.248 e. The summed E-state index contributed by atoms with van der Waals surface area (Å²) < 4.78 is 5.07. The topological polar surface area (TPSA) is 75.3 Å². The molecule has 0 aliphatic carbocycles. The summed E-state index contributed by atoms with van der Waals surface area (Å²) in [5.74, 6) is 2.74. The molecule has 0 fully saturated rings. The zero-order chi connectivity index (χ0) is 15.7. The number of aryl methyl sites for hydroxylation is 1. The van der Waals surface area contributed by atoms with Gasteiger partial charge in [-0.05, 0) is 33.1 Å². The van der Waals surface area contributed by atoms with Gasteiger partial charge in [0.1, 0.15) is 6.54 Å². The molecule has 0 saturated heterocycles. The van der Waals surface area contributed by atoms with Gasteiger partial charge < -0.3 is 15.2 Å². The van der Waals surface area contributed by atoms with Crippen molar-refractivity contribution in [3.63, 3.8) is 0 Å². The molecule has 1 unspecified atom stereocenters. The lowest BCUT2D eigenvalue weighted by molar-refractivity contribution is 0.376. The van der Waals surface area contributed by atoms with Crippen LogP contribution in [0.25, 0.3) is 0 Å². The molecule has 0 radical (unpaired) electrons. The Morgan fingerprint density at radius 2 is 2.05 bits per heavy atom. The fourth-order valence-electron chi connectivity index (χ4n) is 2.01. The van der Waals surface area contributed by atoms with Crippen molar-refractivity contribution < 1.29 is 4.52 Å². The Morgan fingerprint density at radius 1 is 1.29 bits per heavy atom. The minimum Gasteiger partial charge on any atom is -0.357 e. The lowest BCUT2D eigenvalue weighted by atomic mass is 10.0. The molecule has 0 spiro atoms.